The van der Waals surface area contributed by atoms with Crippen LogP contribution in [0.15, 0.2) is 24.0 Å². The van der Waals surface area contributed by atoms with Crippen LogP contribution < -0.4 is 4.90 Å². The van der Waals surface area contributed by atoms with Crippen molar-refractivity contribution in [1.82, 2.24) is 15.0 Å². The van der Waals surface area contributed by atoms with E-state index in [9.17, 15) is 5.11 Å². The van der Waals surface area contributed by atoms with Crippen LogP contribution in [0.5, 0.6) is 0 Å². The maximum Gasteiger partial charge on any atom is 0.132 e. The molecule has 1 aliphatic carbocycles. The Bertz CT molecular complexity index is 539. The van der Waals surface area contributed by atoms with E-state index in [0.717, 1.165) is 35.9 Å². The van der Waals surface area contributed by atoms with E-state index < -0.39 is 0 Å². The van der Waals surface area contributed by atoms with Crippen LogP contribution >= 0.6 is 11.3 Å². The summed E-state index contributed by atoms with van der Waals surface area (Å²) in [6.07, 6.45) is 4.89. The van der Waals surface area contributed by atoms with Gasteiger partial charge >= 0.3 is 0 Å². The zero-order valence-corrected chi connectivity index (χ0v) is 11.5. The van der Waals surface area contributed by atoms with Crippen molar-refractivity contribution in [1.29, 1.82) is 0 Å². The standard InChI is InChI=1S/C13H16N4OS/c1-17(7-13-14-2-3-19-13)12-6-11(15-8-16-12)9-4-10(18)5-9/h2-3,6,8-10,18H,4-5,7H2,1H3. The van der Waals surface area contributed by atoms with Gasteiger partial charge in [-0.1, -0.05) is 0 Å². The van der Waals surface area contributed by atoms with Crippen LogP contribution in [0.1, 0.15) is 29.5 Å². The number of nitrogens with zero attached hydrogens (tertiary/aromatic N) is 4. The van der Waals surface area contributed by atoms with E-state index in [1.807, 2.05) is 24.7 Å². The molecular weight excluding hydrogens is 260 g/mol. The highest BCUT2D eigenvalue weighted by Gasteiger charge is 2.29. The fourth-order valence-corrected chi connectivity index (χ4v) is 2.91. The average molecular weight is 276 g/mol. The number of aromatic nitrogens is 3. The molecule has 1 N–H and O–H groups in total. The molecule has 1 aliphatic rings. The zero-order valence-electron chi connectivity index (χ0n) is 10.7. The van der Waals surface area contributed by atoms with Gasteiger partial charge < -0.3 is 10.0 Å². The predicted molar refractivity (Wildman–Crippen MR) is 74.2 cm³/mol. The smallest absolute Gasteiger partial charge is 0.132 e. The number of aliphatic hydroxyl groups is 1. The molecule has 0 saturated heterocycles. The molecule has 1 fully saturated rings. The summed E-state index contributed by atoms with van der Waals surface area (Å²) in [6, 6.07) is 2.02. The van der Waals surface area contributed by atoms with Crippen LogP contribution in [0.2, 0.25) is 0 Å². The summed E-state index contributed by atoms with van der Waals surface area (Å²) >= 11 is 1.64. The molecule has 0 aromatic carbocycles. The quantitative estimate of drug-likeness (QED) is 0.922. The van der Waals surface area contributed by atoms with Gasteiger partial charge in [-0.3, -0.25) is 0 Å². The first-order chi connectivity index (χ1) is 9.22. The molecule has 0 unspecified atom stereocenters. The van der Waals surface area contributed by atoms with Gasteiger partial charge in [0.1, 0.15) is 17.2 Å². The summed E-state index contributed by atoms with van der Waals surface area (Å²) in [4.78, 5) is 15.0. The number of aliphatic hydroxyl groups excluding tert-OH is 1. The molecule has 0 spiro atoms. The second-order valence-electron chi connectivity index (χ2n) is 4.91. The fraction of sp³-hybridized carbons (Fsp3) is 0.462. The van der Waals surface area contributed by atoms with Crippen molar-refractivity contribution in [3.63, 3.8) is 0 Å². The molecule has 6 heteroatoms. The molecule has 0 amide bonds. The van der Waals surface area contributed by atoms with E-state index in [4.69, 9.17) is 0 Å². The topological polar surface area (TPSA) is 62.1 Å². The molecule has 3 rings (SSSR count). The van der Waals surface area contributed by atoms with Gasteiger partial charge in [0.05, 0.1) is 12.6 Å². The molecule has 5 nitrogen and oxygen atoms in total. The summed E-state index contributed by atoms with van der Waals surface area (Å²) in [5.41, 5.74) is 1.03. The molecule has 0 aliphatic heterocycles. The lowest BCUT2D eigenvalue weighted by Crippen LogP contribution is -2.27. The van der Waals surface area contributed by atoms with Crippen LogP contribution in [-0.4, -0.2) is 33.2 Å². The molecule has 2 heterocycles. The molecule has 0 bridgehead atoms. The van der Waals surface area contributed by atoms with Gasteiger partial charge in [0, 0.05) is 36.3 Å². The fourth-order valence-electron chi connectivity index (χ4n) is 2.24. The van der Waals surface area contributed by atoms with Gasteiger partial charge in [0.25, 0.3) is 0 Å². The molecule has 2 aromatic heterocycles. The maximum absolute atomic E-state index is 9.37. The van der Waals surface area contributed by atoms with Gasteiger partial charge in [-0.2, -0.15) is 0 Å². The van der Waals surface area contributed by atoms with Gasteiger partial charge in [-0.05, 0) is 12.8 Å². The van der Waals surface area contributed by atoms with Crippen molar-refractivity contribution in [2.24, 2.45) is 0 Å². The Kier molecular flexibility index (Phi) is 3.44. The van der Waals surface area contributed by atoms with Crippen molar-refractivity contribution in [2.45, 2.75) is 31.4 Å². The highest BCUT2D eigenvalue weighted by atomic mass is 32.1. The van der Waals surface area contributed by atoms with E-state index in [0.29, 0.717) is 5.92 Å². The third-order valence-electron chi connectivity index (χ3n) is 3.45. The van der Waals surface area contributed by atoms with E-state index in [1.54, 1.807) is 17.7 Å². The number of hydrogen-bond donors (Lipinski definition) is 1. The number of rotatable bonds is 4. The molecule has 100 valence electrons. The third kappa shape index (κ3) is 2.74. The largest absolute Gasteiger partial charge is 0.393 e. The lowest BCUT2D eigenvalue weighted by atomic mass is 9.80. The molecule has 19 heavy (non-hydrogen) atoms. The van der Waals surface area contributed by atoms with Crippen LogP contribution in [0.25, 0.3) is 0 Å². The number of thiazole rings is 1. The van der Waals surface area contributed by atoms with Crippen molar-refractivity contribution >= 4 is 17.2 Å². The highest BCUT2D eigenvalue weighted by molar-refractivity contribution is 7.09. The Morgan fingerprint density at radius 2 is 2.21 bits per heavy atom. The average Bonchev–Trinajstić information content (AvgIpc) is 2.88. The molecule has 0 radical (unpaired) electrons. The second-order valence-corrected chi connectivity index (χ2v) is 5.88. The molecular formula is C13H16N4OS. The lowest BCUT2D eigenvalue weighted by molar-refractivity contribution is 0.0732. The SMILES string of the molecule is CN(Cc1nccs1)c1cc(C2CC(O)C2)ncn1. The summed E-state index contributed by atoms with van der Waals surface area (Å²) in [5.74, 6) is 1.28. The predicted octanol–water partition coefficient (Wildman–Crippen LogP) is 1.81. The van der Waals surface area contributed by atoms with E-state index >= 15 is 0 Å². The second kappa shape index (κ2) is 5.22. The van der Waals surface area contributed by atoms with Gasteiger partial charge in [0.2, 0.25) is 0 Å². The van der Waals surface area contributed by atoms with Gasteiger partial charge in [-0.25, -0.2) is 15.0 Å². The van der Waals surface area contributed by atoms with Crippen molar-refractivity contribution in [3.05, 3.63) is 34.7 Å². The first-order valence-electron chi connectivity index (χ1n) is 6.32. The maximum atomic E-state index is 9.37. The Morgan fingerprint density at radius 1 is 1.37 bits per heavy atom. The van der Waals surface area contributed by atoms with Gasteiger partial charge in [0.15, 0.2) is 0 Å². The minimum atomic E-state index is -0.156. The summed E-state index contributed by atoms with van der Waals surface area (Å²) in [6.45, 7) is 0.751. The van der Waals surface area contributed by atoms with Crippen LogP contribution in [0.4, 0.5) is 5.82 Å². The Balaban J connectivity index is 1.71. The Labute approximate surface area is 116 Å². The number of anilines is 1. The minimum Gasteiger partial charge on any atom is -0.393 e. The minimum absolute atomic E-state index is 0.156. The van der Waals surface area contributed by atoms with Crippen molar-refractivity contribution < 1.29 is 5.11 Å². The van der Waals surface area contributed by atoms with Crippen LogP contribution in [0, 0.1) is 0 Å². The highest BCUT2D eigenvalue weighted by Crippen LogP contribution is 2.36. The lowest BCUT2D eigenvalue weighted by Gasteiger charge is -2.31. The van der Waals surface area contributed by atoms with E-state index in [-0.39, 0.29) is 6.10 Å². The van der Waals surface area contributed by atoms with E-state index in [2.05, 4.69) is 19.9 Å². The summed E-state index contributed by atoms with van der Waals surface area (Å²) < 4.78 is 0. The Morgan fingerprint density at radius 3 is 2.89 bits per heavy atom. The summed E-state index contributed by atoms with van der Waals surface area (Å²) in [7, 11) is 2.00. The number of hydrogen-bond acceptors (Lipinski definition) is 6. The Hall–Kier alpha value is -1.53. The van der Waals surface area contributed by atoms with Crippen LogP contribution in [0.3, 0.4) is 0 Å². The monoisotopic (exact) mass is 276 g/mol. The molecule has 1 saturated carbocycles. The van der Waals surface area contributed by atoms with Gasteiger partial charge in [-0.15, -0.1) is 11.3 Å². The third-order valence-corrected chi connectivity index (χ3v) is 4.22. The van der Waals surface area contributed by atoms with Crippen molar-refractivity contribution in [3.8, 4) is 0 Å². The molecule has 0 atom stereocenters. The molecule has 2 aromatic rings. The normalized spacial score (nSPS) is 22.0. The summed E-state index contributed by atoms with van der Waals surface area (Å²) in [5, 5.41) is 12.4. The van der Waals surface area contributed by atoms with Crippen molar-refractivity contribution in [2.75, 3.05) is 11.9 Å². The first-order valence-corrected chi connectivity index (χ1v) is 7.20. The zero-order chi connectivity index (χ0) is 13.2. The van der Waals surface area contributed by atoms with Crippen LogP contribution in [-0.2, 0) is 6.54 Å². The first kappa shape index (κ1) is 12.5. The van der Waals surface area contributed by atoms with E-state index in [1.165, 1.54) is 0 Å².